The third-order valence-corrected chi connectivity index (χ3v) is 5.87. The minimum Gasteiger partial charge on any atom is -0.424 e. The van der Waals surface area contributed by atoms with Gasteiger partial charge in [0.05, 0.1) is 12.5 Å². The molecule has 0 bridgehead atoms. The molecule has 2 aromatic heterocycles. The Kier molecular flexibility index (Phi) is 3.47. The molecule has 0 saturated heterocycles. The molecule has 124 valence electrons. The standard InChI is InChI=1S/C15H15N5O3S/c1-10-18-19-15(23-10)13-6-11-4-2-3-5-12(11)8-20(13)24(21,22)14-7-16-9-17-14/h2-5,7,9,13H,6,8H2,1H3,(H,16,17)/t13-/m1/s1. The predicted molar refractivity (Wildman–Crippen MR) is 83.2 cm³/mol. The Hall–Kier alpha value is -2.52. The molecule has 1 N–H and O–H groups in total. The second-order valence-electron chi connectivity index (χ2n) is 5.61. The highest BCUT2D eigenvalue weighted by atomic mass is 32.2. The molecule has 8 nitrogen and oxygen atoms in total. The van der Waals surface area contributed by atoms with Crippen LogP contribution in [0.3, 0.4) is 0 Å². The van der Waals surface area contributed by atoms with Crippen molar-refractivity contribution in [2.24, 2.45) is 0 Å². The first kappa shape index (κ1) is 15.0. The Balaban J connectivity index is 1.82. The summed E-state index contributed by atoms with van der Waals surface area (Å²) in [6, 6.07) is 7.21. The number of imidazole rings is 1. The molecule has 24 heavy (non-hydrogen) atoms. The summed E-state index contributed by atoms with van der Waals surface area (Å²) in [5, 5.41) is 7.92. The largest absolute Gasteiger partial charge is 0.424 e. The van der Waals surface area contributed by atoms with E-state index >= 15 is 0 Å². The molecule has 1 aromatic carbocycles. The predicted octanol–water partition coefficient (Wildman–Crippen LogP) is 1.59. The zero-order valence-corrected chi connectivity index (χ0v) is 13.7. The van der Waals surface area contributed by atoms with Crippen molar-refractivity contribution < 1.29 is 12.8 Å². The number of aryl methyl sites for hydroxylation is 1. The van der Waals surface area contributed by atoms with E-state index in [1.54, 1.807) is 6.92 Å². The Morgan fingerprint density at radius 1 is 1.25 bits per heavy atom. The van der Waals surface area contributed by atoms with E-state index in [1.165, 1.54) is 16.8 Å². The molecular weight excluding hydrogens is 330 g/mol. The van der Waals surface area contributed by atoms with Crippen molar-refractivity contribution in [1.82, 2.24) is 24.5 Å². The van der Waals surface area contributed by atoms with E-state index in [1.807, 2.05) is 24.3 Å². The summed E-state index contributed by atoms with van der Waals surface area (Å²) in [7, 11) is -3.76. The van der Waals surface area contributed by atoms with Gasteiger partial charge in [-0.05, 0) is 17.5 Å². The molecule has 0 unspecified atom stereocenters. The molecule has 0 aliphatic carbocycles. The summed E-state index contributed by atoms with van der Waals surface area (Å²) in [5.74, 6) is 0.702. The van der Waals surface area contributed by atoms with E-state index in [4.69, 9.17) is 4.42 Å². The number of H-pyrrole nitrogens is 1. The third-order valence-electron chi connectivity index (χ3n) is 4.09. The fraction of sp³-hybridized carbons (Fsp3) is 0.267. The molecule has 0 fully saturated rings. The number of aromatic nitrogens is 4. The van der Waals surface area contributed by atoms with Crippen LogP contribution in [0.1, 0.15) is 29.0 Å². The molecule has 0 amide bonds. The lowest BCUT2D eigenvalue weighted by Crippen LogP contribution is -2.39. The average molecular weight is 345 g/mol. The highest BCUT2D eigenvalue weighted by Crippen LogP contribution is 2.36. The van der Waals surface area contributed by atoms with Gasteiger partial charge in [0, 0.05) is 13.5 Å². The molecule has 1 aliphatic heterocycles. The van der Waals surface area contributed by atoms with Crippen LogP contribution in [-0.4, -0.2) is 32.9 Å². The van der Waals surface area contributed by atoms with Gasteiger partial charge in [-0.25, -0.2) is 13.4 Å². The van der Waals surface area contributed by atoms with Crippen molar-refractivity contribution in [3.05, 3.63) is 59.7 Å². The molecule has 3 heterocycles. The summed E-state index contributed by atoms with van der Waals surface area (Å²) < 4.78 is 32.9. The lowest BCUT2D eigenvalue weighted by atomic mass is 9.96. The van der Waals surface area contributed by atoms with Crippen LogP contribution in [0.25, 0.3) is 0 Å². The molecule has 0 saturated carbocycles. The lowest BCUT2D eigenvalue weighted by molar-refractivity contribution is 0.248. The normalized spacial score (nSPS) is 18.5. The van der Waals surface area contributed by atoms with Gasteiger partial charge < -0.3 is 9.40 Å². The van der Waals surface area contributed by atoms with Crippen LogP contribution in [0, 0.1) is 6.92 Å². The van der Waals surface area contributed by atoms with Crippen LogP contribution >= 0.6 is 0 Å². The minimum atomic E-state index is -3.76. The van der Waals surface area contributed by atoms with Crippen LogP contribution in [0.2, 0.25) is 0 Å². The second-order valence-corrected chi connectivity index (χ2v) is 7.47. The maximum absolute atomic E-state index is 13.0. The number of hydrogen-bond donors (Lipinski definition) is 1. The second kappa shape index (κ2) is 5.53. The Labute approximate surface area is 138 Å². The Bertz CT molecular complexity index is 965. The topological polar surface area (TPSA) is 105 Å². The monoisotopic (exact) mass is 345 g/mol. The van der Waals surface area contributed by atoms with Gasteiger partial charge in [0.2, 0.25) is 11.8 Å². The van der Waals surface area contributed by atoms with Crippen LogP contribution in [0.5, 0.6) is 0 Å². The first-order valence-corrected chi connectivity index (χ1v) is 8.87. The van der Waals surface area contributed by atoms with Crippen molar-refractivity contribution >= 4 is 10.0 Å². The first-order valence-electron chi connectivity index (χ1n) is 7.43. The van der Waals surface area contributed by atoms with Gasteiger partial charge in [-0.1, -0.05) is 24.3 Å². The number of fused-ring (bicyclic) bond motifs is 1. The Morgan fingerprint density at radius 2 is 2.04 bits per heavy atom. The van der Waals surface area contributed by atoms with Crippen LogP contribution < -0.4 is 0 Å². The van der Waals surface area contributed by atoms with E-state index in [9.17, 15) is 8.42 Å². The van der Waals surface area contributed by atoms with Crippen molar-refractivity contribution in [2.45, 2.75) is 31.0 Å². The quantitative estimate of drug-likeness (QED) is 0.773. The fourth-order valence-corrected chi connectivity index (χ4v) is 4.38. The zero-order valence-electron chi connectivity index (χ0n) is 12.9. The van der Waals surface area contributed by atoms with Gasteiger partial charge in [-0.15, -0.1) is 10.2 Å². The third kappa shape index (κ3) is 2.42. The molecule has 3 aromatic rings. The Morgan fingerprint density at radius 3 is 2.71 bits per heavy atom. The van der Waals surface area contributed by atoms with E-state index in [-0.39, 0.29) is 11.6 Å². The van der Waals surface area contributed by atoms with Crippen molar-refractivity contribution in [2.75, 3.05) is 0 Å². The maximum atomic E-state index is 13.0. The molecule has 1 atom stereocenters. The number of hydrogen-bond acceptors (Lipinski definition) is 6. The van der Waals surface area contributed by atoms with Gasteiger partial charge in [-0.2, -0.15) is 4.31 Å². The van der Waals surface area contributed by atoms with E-state index in [0.717, 1.165) is 11.1 Å². The van der Waals surface area contributed by atoms with Gasteiger partial charge >= 0.3 is 0 Å². The summed E-state index contributed by atoms with van der Waals surface area (Å²) in [5.41, 5.74) is 2.04. The van der Waals surface area contributed by atoms with Crippen LogP contribution in [0.15, 0.2) is 46.2 Å². The highest BCUT2D eigenvalue weighted by Gasteiger charge is 2.39. The van der Waals surface area contributed by atoms with Crippen molar-refractivity contribution in [3.8, 4) is 0 Å². The number of nitrogens with zero attached hydrogens (tertiary/aromatic N) is 4. The number of sulfonamides is 1. The number of nitrogens with one attached hydrogen (secondary N) is 1. The fourth-order valence-electron chi connectivity index (χ4n) is 2.92. The van der Waals surface area contributed by atoms with Crippen LogP contribution in [0.4, 0.5) is 0 Å². The van der Waals surface area contributed by atoms with Gasteiger partial charge in [0.25, 0.3) is 10.0 Å². The first-order chi connectivity index (χ1) is 11.6. The summed E-state index contributed by atoms with van der Waals surface area (Å²) in [6.45, 7) is 1.92. The van der Waals surface area contributed by atoms with Gasteiger partial charge in [0.15, 0.2) is 5.03 Å². The molecule has 0 spiro atoms. The van der Waals surface area contributed by atoms with Gasteiger partial charge in [0.1, 0.15) is 6.04 Å². The maximum Gasteiger partial charge on any atom is 0.261 e. The van der Waals surface area contributed by atoms with E-state index in [0.29, 0.717) is 18.2 Å². The van der Waals surface area contributed by atoms with Crippen molar-refractivity contribution in [3.63, 3.8) is 0 Å². The molecular formula is C15H15N5O3S. The molecule has 1 aliphatic rings. The summed E-state index contributed by atoms with van der Waals surface area (Å²) in [6.07, 6.45) is 3.12. The van der Waals surface area contributed by atoms with Crippen LogP contribution in [-0.2, 0) is 23.0 Å². The van der Waals surface area contributed by atoms with Gasteiger partial charge in [-0.3, -0.25) is 0 Å². The number of benzene rings is 1. The molecule has 9 heteroatoms. The number of aromatic amines is 1. The van der Waals surface area contributed by atoms with E-state index in [2.05, 4.69) is 20.2 Å². The molecule has 4 rings (SSSR count). The lowest BCUT2D eigenvalue weighted by Gasteiger charge is -2.33. The SMILES string of the molecule is Cc1nnc([C@H]2Cc3ccccc3CN2S(=O)(=O)c2cnc[nH]2)o1. The molecule has 0 radical (unpaired) electrons. The van der Waals surface area contributed by atoms with Crippen molar-refractivity contribution in [1.29, 1.82) is 0 Å². The zero-order chi connectivity index (χ0) is 16.7. The number of rotatable bonds is 3. The summed E-state index contributed by atoms with van der Waals surface area (Å²) >= 11 is 0. The average Bonchev–Trinajstić information content (AvgIpc) is 3.25. The highest BCUT2D eigenvalue weighted by molar-refractivity contribution is 7.89. The van der Waals surface area contributed by atoms with E-state index < -0.39 is 16.1 Å². The summed E-state index contributed by atoms with van der Waals surface area (Å²) in [4.78, 5) is 6.49. The smallest absolute Gasteiger partial charge is 0.261 e. The minimum absolute atomic E-state index is 0.0446.